The van der Waals surface area contributed by atoms with E-state index in [-0.39, 0.29) is 5.69 Å². The highest BCUT2D eigenvalue weighted by atomic mass is 127. The van der Waals surface area contributed by atoms with Crippen LogP contribution in [-0.2, 0) is 6.18 Å². The van der Waals surface area contributed by atoms with Gasteiger partial charge in [0, 0.05) is 9.26 Å². The van der Waals surface area contributed by atoms with Gasteiger partial charge in [0.2, 0.25) is 0 Å². The van der Waals surface area contributed by atoms with Crippen molar-refractivity contribution in [3.05, 3.63) is 21.3 Å². The molecule has 13 heavy (non-hydrogen) atoms. The third-order valence-electron chi connectivity index (χ3n) is 1.61. The maximum atomic E-state index is 12.2. The molecule has 0 aliphatic rings. The number of rotatable bonds is 0. The lowest BCUT2D eigenvalue weighted by Gasteiger charge is -2.10. The smallest absolute Gasteiger partial charge is 0.398 e. The van der Waals surface area contributed by atoms with Crippen molar-refractivity contribution < 1.29 is 13.2 Å². The van der Waals surface area contributed by atoms with E-state index >= 15 is 0 Å². The van der Waals surface area contributed by atoms with E-state index in [9.17, 15) is 13.2 Å². The number of hydrogen-bond acceptors (Lipinski definition) is 1. The summed E-state index contributed by atoms with van der Waals surface area (Å²) in [4.78, 5) is 0. The number of anilines is 1. The van der Waals surface area contributed by atoms with Crippen molar-refractivity contribution in [3.8, 4) is 0 Å². The molecule has 1 rings (SSSR count). The lowest BCUT2D eigenvalue weighted by molar-refractivity contribution is -0.137. The molecule has 0 aliphatic carbocycles. The fourth-order valence-corrected chi connectivity index (χ4v) is 1.27. The summed E-state index contributed by atoms with van der Waals surface area (Å²) in [7, 11) is 1.60. The van der Waals surface area contributed by atoms with Crippen LogP contribution in [0.3, 0.4) is 0 Å². The highest BCUT2D eigenvalue weighted by Gasteiger charge is 2.31. The van der Waals surface area contributed by atoms with Gasteiger partial charge in [-0.2, -0.15) is 13.2 Å². The molecule has 0 aromatic heterocycles. The zero-order valence-electron chi connectivity index (χ0n) is 6.74. The standard InChI is InChI=1S/C7H6BF3IN/c8-4-1-3(7(9,10)11)2-5(13)6(4)12/h1-2H,8,13H2. The van der Waals surface area contributed by atoms with Crippen molar-refractivity contribution in [2.24, 2.45) is 0 Å². The largest absolute Gasteiger partial charge is 0.416 e. The van der Waals surface area contributed by atoms with E-state index in [4.69, 9.17) is 5.73 Å². The Hall–Kier alpha value is -0.395. The number of benzene rings is 1. The van der Waals surface area contributed by atoms with Crippen molar-refractivity contribution in [1.82, 2.24) is 0 Å². The second-order valence-electron chi connectivity index (χ2n) is 2.69. The minimum Gasteiger partial charge on any atom is -0.398 e. The first kappa shape index (κ1) is 10.7. The number of hydrogen-bond donors (Lipinski definition) is 1. The van der Waals surface area contributed by atoms with E-state index in [1.807, 2.05) is 22.6 Å². The van der Waals surface area contributed by atoms with Gasteiger partial charge in [-0.25, -0.2) is 0 Å². The maximum Gasteiger partial charge on any atom is 0.416 e. The van der Waals surface area contributed by atoms with Gasteiger partial charge in [-0.3, -0.25) is 0 Å². The molecule has 2 N–H and O–H groups in total. The minimum absolute atomic E-state index is 0.174. The summed E-state index contributed by atoms with van der Waals surface area (Å²) in [6.45, 7) is 0. The zero-order chi connectivity index (χ0) is 10.2. The van der Waals surface area contributed by atoms with E-state index in [1.165, 1.54) is 0 Å². The van der Waals surface area contributed by atoms with Crippen LogP contribution in [0.15, 0.2) is 12.1 Å². The Kier molecular flexibility index (Phi) is 2.79. The fraction of sp³-hybridized carbons (Fsp3) is 0.143. The van der Waals surface area contributed by atoms with E-state index in [0.717, 1.165) is 12.1 Å². The monoisotopic (exact) mass is 299 g/mol. The lowest BCUT2D eigenvalue weighted by Crippen LogP contribution is -2.16. The number of alkyl halides is 3. The summed E-state index contributed by atoms with van der Waals surface area (Å²) in [5, 5.41) is 0. The van der Waals surface area contributed by atoms with Crippen LogP contribution in [0.2, 0.25) is 0 Å². The fourth-order valence-electron chi connectivity index (χ4n) is 0.961. The Morgan fingerprint density at radius 1 is 1.31 bits per heavy atom. The van der Waals surface area contributed by atoms with Crippen molar-refractivity contribution in [3.63, 3.8) is 0 Å². The molecule has 1 nitrogen and oxygen atoms in total. The summed E-state index contributed by atoms with van der Waals surface area (Å²) in [6.07, 6.45) is -4.32. The lowest BCUT2D eigenvalue weighted by atomic mass is 9.93. The Morgan fingerprint density at radius 2 is 1.85 bits per heavy atom. The highest BCUT2D eigenvalue weighted by molar-refractivity contribution is 14.1. The van der Waals surface area contributed by atoms with E-state index in [0.29, 0.717) is 9.03 Å². The predicted octanol–water partition coefficient (Wildman–Crippen LogP) is 1.15. The first-order valence-corrected chi connectivity index (χ1v) is 4.53. The minimum atomic E-state index is -4.32. The van der Waals surface area contributed by atoms with Crippen LogP contribution in [0, 0.1) is 3.57 Å². The second-order valence-corrected chi connectivity index (χ2v) is 3.77. The van der Waals surface area contributed by atoms with Crippen molar-refractivity contribution in [2.75, 3.05) is 5.73 Å². The molecule has 0 radical (unpaired) electrons. The van der Waals surface area contributed by atoms with Crippen molar-refractivity contribution in [2.45, 2.75) is 6.18 Å². The van der Waals surface area contributed by atoms with Crippen LogP contribution in [0.5, 0.6) is 0 Å². The summed E-state index contributed by atoms with van der Waals surface area (Å²) in [5.41, 5.74) is 5.44. The van der Waals surface area contributed by atoms with Gasteiger partial charge in [0.25, 0.3) is 0 Å². The molecule has 1 aromatic carbocycles. The quantitative estimate of drug-likeness (QED) is 0.434. The summed E-state index contributed by atoms with van der Waals surface area (Å²) >= 11 is 1.92. The van der Waals surface area contributed by atoms with Gasteiger partial charge in [-0.1, -0.05) is 11.5 Å². The van der Waals surface area contributed by atoms with Gasteiger partial charge >= 0.3 is 6.18 Å². The molecule has 0 aliphatic heterocycles. The number of nitrogen functional groups attached to an aromatic ring is 1. The Morgan fingerprint density at radius 3 is 2.23 bits per heavy atom. The molecule has 0 bridgehead atoms. The average Bonchev–Trinajstić information content (AvgIpc) is 1.97. The zero-order valence-corrected chi connectivity index (χ0v) is 8.90. The summed E-state index contributed by atoms with van der Waals surface area (Å²) in [6, 6.07) is 2.05. The van der Waals surface area contributed by atoms with Gasteiger partial charge in [0.15, 0.2) is 0 Å². The summed E-state index contributed by atoms with van der Waals surface area (Å²) < 4.78 is 37.3. The van der Waals surface area contributed by atoms with Crippen LogP contribution in [0.1, 0.15) is 5.56 Å². The molecule has 1 aromatic rings. The molecule has 70 valence electrons. The van der Waals surface area contributed by atoms with Crippen LogP contribution < -0.4 is 11.2 Å². The average molecular weight is 299 g/mol. The normalized spacial score (nSPS) is 11.7. The first-order chi connectivity index (χ1) is 5.82. The molecule has 0 amide bonds. The molecule has 0 unspecified atom stereocenters. The molecule has 6 heteroatoms. The van der Waals surface area contributed by atoms with E-state index in [2.05, 4.69) is 0 Å². The first-order valence-electron chi connectivity index (χ1n) is 3.45. The number of nitrogens with two attached hydrogens (primary N) is 1. The van der Waals surface area contributed by atoms with E-state index < -0.39 is 11.7 Å². The molecule has 0 atom stereocenters. The van der Waals surface area contributed by atoms with Gasteiger partial charge in [-0.05, 0) is 28.7 Å². The molecule has 0 saturated heterocycles. The third kappa shape index (κ3) is 2.29. The van der Waals surface area contributed by atoms with Crippen LogP contribution in [0.25, 0.3) is 0 Å². The van der Waals surface area contributed by atoms with Crippen molar-refractivity contribution in [1.29, 1.82) is 0 Å². The van der Waals surface area contributed by atoms with E-state index in [1.54, 1.807) is 7.85 Å². The maximum absolute atomic E-state index is 12.2. The van der Waals surface area contributed by atoms with Crippen molar-refractivity contribution >= 4 is 41.6 Å². The topological polar surface area (TPSA) is 26.0 Å². The molecule has 0 saturated carbocycles. The molecule has 0 fully saturated rings. The Labute approximate surface area is 88.0 Å². The molecular weight excluding hydrogens is 293 g/mol. The molecule has 0 spiro atoms. The second kappa shape index (κ2) is 3.40. The third-order valence-corrected chi connectivity index (χ3v) is 3.08. The van der Waals surface area contributed by atoms with Gasteiger partial charge < -0.3 is 5.73 Å². The number of halogens is 4. The van der Waals surface area contributed by atoms with Gasteiger partial charge in [0.1, 0.15) is 7.85 Å². The molecular formula is C7H6BF3IN. The molecule has 0 heterocycles. The predicted molar refractivity (Wildman–Crippen MR) is 56.8 cm³/mol. The summed E-state index contributed by atoms with van der Waals surface area (Å²) in [5.74, 6) is 0. The van der Waals surface area contributed by atoms with Crippen LogP contribution >= 0.6 is 22.6 Å². The van der Waals surface area contributed by atoms with Gasteiger partial charge in [0.05, 0.1) is 5.56 Å². The highest BCUT2D eigenvalue weighted by Crippen LogP contribution is 2.30. The van der Waals surface area contributed by atoms with Crippen LogP contribution in [0.4, 0.5) is 18.9 Å². The SMILES string of the molecule is Bc1cc(C(F)(F)F)cc(N)c1I. The Balaban J connectivity index is 3.29. The Bertz CT molecular complexity index is 314. The van der Waals surface area contributed by atoms with Crippen LogP contribution in [-0.4, -0.2) is 7.85 Å². The van der Waals surface area contributed by atoms with Gasteiger partial charge in [-0.15, -0.1) is 0 Å².